The van der Waals surface area contributed by atoms with Crippen molar-refractivity contribution in [2.24, 2.45) is 5.92 Å². The maximum atomic E-state index is 12.6. The van der Waals surface area contributed by atoms with E-state index in [1.54, 1.807) is 18.6 Å². The second kappa shape index (κ2) is 8.43. The van der Waals surface area contributed by atoms with Gasteiger partial charge in [0, 0.05) is 25.6 Å². The summed E-state index contributed by atoms with van der Waals surface area (Å²) < 4.78 is 1.29. The number of ketones is 1. The van der Waals surface area contributed by atoms with Crippen LogP contribution in [0.25, 0.3) is 11.3 Å². The Morgan fingerprint density at radius 3 is 2.79 bits per heavy atom. The quantitative estimate of drug-likeness (QED) is 0.698. The number of carbonyl (C=O) groups excluding carboxylic acids is 1. The molecule has 1 fully saturated rings. The number of carbonyl (C=O) groups is 1. The molecule has 150 valence electrons. The van der Waals surface area contributed by atoms with Gasteiger partial charge in [0.25, 0.3) is 5.56 Å². The van der Waals surface area contributed by atoms with Crippen LogP contribution in [0.5, 0.6) is 0 Å². The van der Waals surface area contributed by atoms with Gasteiger partial charge in [-0.1, -0.05) is 25.1 Å². The molecule has 7 nitrogen and oxygen atoms in total. The van der Waals surface area contributed by atoms with E-state index in [1.165, 1.54) is 10.7 Å². The van der Waals surface area contributed by atoms with Gasteiger partial charge in [0.2, 0.25) is 0 Å². The van der Waals surface area contributed by atoms with Crippen molar-refractivity contribution in [2.45, 2.75) is 32.7 Å². The fourth-order valence-corrected chi connectivity index (χ4v) is 3.67. The van der Waals surface area contributed by atoms with Gasteiger partial charge in [-0.2, -0.15) is 5.10 Å². The minimum Gasteiger partial charge on any atom is -0.355 e. The van der Waals surface area contributed by atoms with Crippen LogP contribution < -0.4 is 10.5 Å². The number of anilines is 1. The minimum absolute atomic E-state index is 0.0226. The Bertz CT molecular complexity index is 1030. The second-order valence-corrected chi connectivity index (χ2v) is 7.74. The fraction of sp³-hybridized carbons (Fsp3) is 0.364. The lowest BCUT2D eigenvalue weighted by molar-refractivity contribution is -0.119. The monoisotopic (exact) mass is 391 g/mol. The summed E-state index contributed by atoms with van der Waals surface area (Å²) in [6, 6.07) is 11.0. The van der Waals surface area contributed by atoms with Crippen LogP contribution in [0.1, 0.15) is 25.3 Å². The standard InChI is InChI=1S/C22H25N5O2/c1-16-7-9-26(10-8-16)21-5-6-22(29)27(25-21)14-19(28)12-17-3-2-4-18(11-17)20-13-23-15-24-20/h2-6,11,13,15-16H,7-10,12,14H2,1H3,(H,23,24). The first kappa shape index (κ1) is 19.1. The van der Waals surface area contributed by atoms with E-state index < -0.39 is 0 Å². The van der Waals surface area contributed by atoms with Crippen molar-refractivity contribution >= 4 is 11.6 Å². The molecule has 0 aliphatic carbocycles. The summed E-state index contributed by atoms with van der Waals surface area (Å²) in [4.78, 5) is 34.1. The molecule has 3 heterocycles. The number of nitrogens with zero attached hydrogens (tertiary/aromatic N) is 4. The van der Waals surface area contributed by atoms with Gasteiger partial charge in [-0.25, -0.2) is 9.67 Å². The van der Waals surface area contributed by atoms with Gasteiger partial charge in [-0.05, 0) is 42.0 Å². The molecular formula is C22H25N5O2. The Kier molecular flexibility index (Phi) is 5.55. The number of piperidine rings is 1. The Labute approximate surface area is 169 Å². The molecule has 0 bridgehead atoms. The third-order valence-corrected chi connectivity index (χ3v) is 5.42. The second-order valence-electron chi connectivity index (χ2n) is 7.74. The first-order valence-corrected chi connectivity index (χ1v) is 10.0. The topological polar surface area (TPSA) is 83.9 Å². The lowest BCUT2D eigenvalue weighted by atomic mass is 9.99. The number of nitrogens with one attached hydrogen (secondary N) is 1. The maximum Gasteiger partial charge on any atom is 0.267 e. The van der Waals surface area contributed by atoms with Gasteiger partial charge in [-0.3, -0.25) is 9.59 Å². The third-order valence-electron chi connectivity index (χ3n) is 5.42. The molecular weight excluding hydrogens is 366 g/mol. The van der Waals surface area contributed by atoms with E-state index in [-0.39, 0.29) is 24.3 Å². The molecule has 1 aliphatic heterocycles. The highest BCUT2D eigenvalue weighted by Crippen LogP contribution is 2.20. The molecule has 4 rings (SSSR count). The van der Waals surface area contributed by atoms with Crippen LogP contribution in [0.15, 0.2) is 53.7 Å². The van der Waals surface area contributed by atoms with Crippen molar-refractivity contribution in [3.8, 4) is 11.3 Å². The fourth-order valence-electron chi connectivity index (χ4n) is 3.67. The summed E-state index contributed by atoms with van der Waals surface area (Å²) in [5.41, 5.74) is 2.53. The average molecular weight is 391 g/mol. The highest BCUT2D eigenvalue weighted by molar-refractivity contribution is 5.81. The summed E-state index contributed by atoms with van der Waals surface area (Å²) in [7, 11) is 0. The number of rotatable bonds is 6. The highest BCUT2D eigenvalue weighted by Gasteiger charge is 2.18. The molecule has 0 atom stereocenters. The number of benzene rings is 1. The number of hydrogen-bond acceptors (Lipinski definition) is 5. The third kappa shape index (κ3) is 4.62. The van der Waals surface area contributed by atoms with Crippen LogP contribution in [0.4, 0.5) is 5.82 Å². The lowest BCUT2D eigenvalue weighted by Crippen LogP contribution is -2.36. The number of aromatic nitrogens is 4. The number of Topliss-reactive ketones (excluding diaryl/α,β-unsaturated/α-hetero) is 1. The molecule has 29 heavy (non-hydrogen) atoms. The summed E-state index contributed by atoms with van der Waals surface area (Å²) >= 11 is 0. The van der Waals surface area contributed by atoms with E-state index in [0.717, 1.165) is 54.5 Å². The number of aromatic amines is 1. The zero-order valence-electron chi connectivity index (χ0n) is 16.5. The van der Waals surface area contributed by atoms with Crippen LogP contribution in [0.3, 0.4) is 0 Å². The summed E-state index contributed by atoms with van der Waals surface area (Å²) in [6.07, 6.45) is 5.86. The molecule has 1 saturated heterocycles. The van der Waals surface area contributed by atoms with Gasteiger partial charge in [-0.15, -0.1) is 0 Å². The van der Waals surface area contributed by atoms with Crippen LogP contribution in [0, 0.1) is 5.92 Å². The maximum absolute atomic E-state index is 12.6. The Hall–Kier alpha value is -3.22. The van der Waals surface area contributed by atoms with E-state index in [9.17, 15) is 9.59 Å². The molecule has 0 amide bonds. The molecule has 0 unspecified atom stereocenters. The molecule has 0 radical (unpaired) electrons. The molecule has 1 N–H and O–H groups in total. The van der Waals surface area contributed by atoms with Gasteiger partial charge < -0.3 is 9.88 Å². The lowest BCUT2D eigenvalue weighted by Gasteiger charge is -2.31. The summed E-state index contributed by atoms with van der Waals surface area (Å²) in [5, 5.41) is 4.46. The normalized spacial score (nSPS) is 14.9. The molecule has 2 aromatic heterocycles. The largest absolute Gasteiger partial charge is 0.355 e. The van der Waals surface area contributed by atoms with Crippen molar-refractivity contribution < 1.29 is 4.79 Å². The predicted octanol–water partition coefficient (Wildman–Crippen LogP) is 2.68. The van der Waals surface area contributed by atoms with Crippen molar-refractivity contribution in [3.05, 3.63) is 64.8 Å². The van der Waals surface area contributed by atoms with Crippen molar-refractivity contribution in [1.82, 2.24) is 19.7 Å². The van der Waals surface area contributed by atoms with Gasteiger partial charge >= 0.3 is 0 Å². The van der Waals surface area contributed by atoms with Crippen LogP contribution in [-0.2, 0) is 17.8 Å². The smallest absolute Gasteiger partial charge is 0.267 e. The SMILES string of the molecule is CC1CCN(c2ccc(=O)n(CC(=O)Cc3cccc(-c4cnc[nH]4)c3)n2)CC1. The van der Waals surface area contributed by atoms with E-state index >= 15 is 0 Å². The van der Waals surface area contributed by atoms with Crippen molar-refractivity contribution in [3.63, 3.8) is 0 Å². The van der Waals surface area contributed by atoms with Gasteiger partial charge in [0.1, 0.15) is 12.4 Å². The summed E-state index contributed by atoms with van der Waals surface area (Å²) in [6.45, 7) is 4.10. The summed E-state index contributed by atoms with van der Waals surface area (Å²) in [5.74, 6) is 1.44. The molecule has 0 spiro atoms. The number of hydrogen-bond donors (Lipinski definition) is 1. The first-order chi connectivity index (χ1) is 14.1. The minimum atomic E-state index is -0.251. The van der Waals surface area contributed by atoms with Crippen molar-refractivity contribution in [2.75, 3.05) is 18.0 Å². The Morgan fingerprint density at radius 2 is 2.03 bits per heavy atom. The zero-order valence-corrected chi connectivity index (χ0v) is 16.5. The Balaban J connectivity index is 1.45. The van der Waals surface area contributed by atoms with Crippen LogP contribution >= 0.6 is 0 Å². The van der Waals surface area contributed by atoms with Crippen molar-refractivity contribution in [1.29, 1.82) is 0 Å². The molecule has 0 saturated carbocycles. The number of H-pyrrole nitrogens is 1. The van der Waals surface area contributed by atoms with Crippen LogP contribution in [0.2, 0.25) is 0 Å². The molecule has 3 aromatic rings. The molecule has 7 heteroatoms. The van der Waals surface area contributed by atoms with Gasteiger partial charge in [0.05, 0.1) is 18.2 Å². The Morgan fingerprint density at radius 1 is 1.21 bits per heavy atom. The predicted molar refractivity (Wildman–Crippen MR) is 112 cm³/mol. The average Bonchev–Trinajstić information content (AvgIpc) is 3.25. The van der Waals surface area contributed by atoms with Gasteiger partial charge in [0.15, 0.2) is 5.78 Å². The van der Waals surface area contributed by atoms with E-state index in [0.29, 0.717) is 0 Å². The molecule has 1 aromatic carbocycles. The number of imidazole rings is 1. The first-order valence-electron chi connectivity index (χ1n) is 10.0. The molecule has 1 aliphatic rings. The highest BCUT2D eigenvalue weighted by atomic mass is 16.1. The van der Waals surface area contributed by atoms with E-state index in [2.05, 4.69) is 26.9 Å². The van der Waals surface area contributed by atoms with E-state index in [1.807, 2.05) is 24.3 Å². The van der Waals surface area contributed by atoms with Crippen LogP contribution in [-0.4, -0.2) is 38.6 Å². The zero-order chi connectivity index (χ0) is 20.2. The van der Waals surface area contributed by atoms with E-state index in [4.69, 9.17) is 0 Å².